The van der Waals surface area contributed by atoms with Crippen molar-refractivity contribution in [1.29, 1.82) is 0 Å². The molecule has 1 unspecified atom stereocenters. The molecule has 2 amide bonds. The fourth-order valence-corrected chi connectivity index (χ4v) is 2.15. The highest BCUT2D eigenvalue weighted by Gasteiger charge is 2.22. The molecule has 0 aliphatic carbocycles. The topological polar surface area (TPSA) is 76.7 Å². The largest absolute Gasteiger partial charge is 0.493 e. The number of rotatable bonds is 8. The van der Waals surface area contributed by atoms with Crippen molar-refractivity contribution in [3.8, 4) is 5.75 Å². The summed E-state index contributed by atoms with van der Waals surface area (Å²) in [5, 5.41) is 5.49. The van der Waals surface area contributed by atoms with Gasteiger partial charge in [0, 0.05) is 19.7 Å². The second-order valence-corrected chi connectivity index (χ2v) is 5.05. The van der Waals surface area contributed by atoms with E-state index in [1.54, 1.807) is 0 Å². The van der Waals surface area contributed by atoms with Gasteiger partial charge in [0.25, 0.3) is 0 Å². The van der Waals surface area contributed by atoms with Crippen molar-refractivity contribution in [2.75, 3.05) is 26.3 Å². The zero-order valence-electron chi connectivity index (χ0n) is 12.5. The van der Waals surface area contributed by atoms with E-state index in [0.29, 0.717) is 26.3 Å². The first kappa shape index (κ1) is 16.3. The van der Waals surface area contributed by atoms with Crippen LogP contribution in [0.2, 0.25) is 0 Å². The molecule has 0 bridgehead atoms. The van der Waals surface area contributed by atoms with Crippen LogP contribution in [0.3, 0.4) is 0 Å². The molecule has 1 fully saturated rings. The van der Waals surface area contributed by atoms with E-state index in [2.05, 4.69) is 10.6 Å². The molecule has 22 heavy (non-hydrogen) atoms. The third-order valence-corrected chi connectivity index (χ3v) is 3.31. The predicted molar refractivity (Wildman–Crippen MR) is 81.5 cm³/mol. The minimum absolute atomic E-state index is 0.0951. The molecule has 1 aromatic rings. The molecule has 120 valence electrons. The number of nitrogens with one attached hydrogen (secondary N) is 2. The molecule has 1 aromatic carbocycles. The van der Waals surface area contributed by atoms with Gasteiger partial charge in [0.2, 0.25) is 11.8 Å². The van der Waals surface area contributed by atoms with Gasteiger partial charge < -0.3 is 20.1 Å². The van der Waals surface area contributed by atoms with Crippen molar-refractivity contribution in [1.82, 2.24) is 10.6 Å². The van der Waals surface area contributed by atoms with E-state index in [0.717, 1.165) is 18.6 Å². The highest BCUT2D eigenvalue weighted by atomic mass is 16.5. The van der Waals surface area contributed by atoms with Crippen molar-refractivity contribution < 1.29 is 19.1 Å². The van der Waals surface area contributed by atoms with Gasteiger partial charge in [-0.2, -0.15) is 0 Å². The summed E-state index contributed by atoms with van der Waals surface area (Å²) in [5.41, 5.74) is 0. The maximum atomic E-state index is 11.7. The van der Waals surface area contributed by atoms with Crippen molar-refractivity contribution >= 4 is 11.8 Å². The van der Waals surface area contributed by atoms with E-state index in [1.165, 1.54) is 0 Å². The minimum atomic E-state index is -0.324. The summed E-state index contributed by atoms with van der Waals surface area (Å²) in [5.74, 6) is 0.556. The summed E-state index contributed by atoms with van der Waals surface area (Å²) in [6, 6.07) is 9.36. The molecule has 6 heteroatoms. The summed E-state index contributed by atoms with van der Waals surface area (Å²) < 4.78 is 10.7. The van der Waals surface area contributed by atoms with Crippen LogP contribution in [0.25, 0.3) is 0 Å². The summed E-state index contributed by atoms with van der Waals surface area (Å²) in [6.45, 7) is 1.79. The van der Waals surface area contributed by atoms with Gasteiger partial charge in [0.15, 0.2) is 0 Å². The van der Waals surface area contributed by atoms with Crippen LogP contribution in [0.15, 0.2) is 30.3 Å². The first-order valence-corrected chi connectivity index (χ1v) is 7.59. The molecule has 1 heterocycles. The van der Waals surface area contributed by atoms with Crippen molar-refractivity contribution in [3.05, 3.63) is 30.3 Å². The van der Waals surface area contributed by atoms with Crippen LogP contribution in [0.1, 0.15) is 19.3 Å². The van der Waals surface area contributed by atoms with Gasteiger partial charge in [0.1, 0.15) is 11.9 Å². The predicted octanol–water partition coefficient (Wildman–Crippen LogP) is 0.867. The van der Waals surface area contributed by atoms with Crippen molar-refractivity contribution in [2.45, 2.75) is 25.4 Å². The number of carbonyl (C=O) groups excluding carboxylic acids is 2. The lowest BCUT2D eigenvalue weighted by Crippen LogP contribution is -2.39. The molecule has 6 nitrogen and oxygen atoms in total. The average molecular weight is 306 g/mol. The number of carbonyl (C=O) groups is 2. The molecule has 0 aromatic heterocycles. The quantitative estimate of drug-likeness (QED) is 0.699. The van der Waals surface area contributed by atoms with Crippen LogP contribution in [0.4, 0.5) is 0 Å². The van der Waals surface area contributed by atoms with Gasteiger partial charge in [-0.1, -0.05) is 18.2 Å². The Labute approximate surface area is 130 Å². The fourth-order valence-electron chi connectivity index (χ4n) is 2.15. The Morgan fingerprint density at radius 3 is 2.68 bits per heavy atom. The number of ether oxygens (including phenoxy) is 2. The molecule has 0 saturated carbocycles. The lowest BCUT2D eigenvalue weighted by Gasteiger charge is -2.11. The first-order valence-electron chi connectivity index (χ1n) is 7.59. The zero-order valence-corrected chi connectivity index (χ0v) is 12.5. The van der Waals surface area contributed by atoms with Crippen LogP contribution in [-0.2, 0) is 14.3 Å². The van der Waals surface area contributed by atoms with Gasteiger partial charge in [-0.15, -0.1) is 0 Å². The molecule has 0 radical (unpaired) electrons. The van der Waals surface area contributed by atoms with Gasteiger partial charge >= 0.3 is 0 Å². The zero-order chi connectivity index (χ0) is 15.6. The van der Waals surface area contributed by atoms with Crippen molar-refractivity contribution in [3.63, 3.8) is 0 Å². The molecule has 2 N–H and O–H groups in total. The standard InChI is InChI=1S/C16H22N2O4/c19-15(8-12-21-13-5-2-1-3-6-13)17-9-10-18-16(20)14-7-4-11-22-14/h1-3,5-6,14H,4,7-12H2,(H,17,19)(H,18,20). The molecule has 2 rings (SSSR count). The van der Waals surface area contributed by atoms with E-state index < -0.39 is 0 Å². The van der Waals surface area contributed by atoms with E-state index >= 15 is 0 Å². The molecule has 1 aliphatic heterocycles. The monoisotopic (exact) mass is 306 g/mol. The summed E-state index contributed by atoms with van der Waals surface area (Å²) in [7, 11) is 0. The molecule has 0 spiro atoms. The Kier molecular flexibility index (Phi) is 6.70. The van der Waals surface area contributed by atoms with E-state index in [1.807, 2.05) is 30.3 Å². The van der Waals surface area contributed by atoms with Gasteiger partial charge in [0.05, 0.1) is 13.0 Å². The Morgan fingerprint density at radius 2 is 1.95 bits per heavy atom. The number of benzene rings is 1. The minimum Gasteiger partial charge on any atom is -0.493 e. The second kappa shape index (κ2) is 9.04. The van der Waals surface area contributed by atoms with Crippen LogP contribution >= 0.6 is 0 Å². The molecule has 1 atom stereocenters. The number of para-hydroxylation sites is 1. The average Bonchev–Trinajstić information content (AvgIpc) is 3.07. The summed E-state index contributed by atoms with van der Waals surface area (Å²) in [4.78, 5) is 23.3. The molecule has 1 saturated heterocycles. The Balaban J connectivity index is 1.49. The lowest BCUT2D eigenvalue weighted by molar-refractivity contribution is -0.130. The third-order valence-electron chi connectivity index (χ3n) is 3.31. The Bertz CT molecular complexity index is 472. The molecule has 1 aliphatic rings. The number of hydrogen-bond donors (Lipinski definition) is 2. The van der Waals surface area contributed by atoms with Crippen molar-refractivity contribution in [2.24, 2.45) is 0 Å². The highest BCUT2D eigenvalue weighted by Crippen LogP contribution is 2.11. The second-order valence-electron chi connectivity index (χ2n) is 5.05. The molecular weight excluding hydrogens is 284 g/mol. The Hall–Kier alpha value is -2.08. The van der Waals surface area contributed by atoms with Crippen LogP contribution < -0.4 is 15.4 Å². The number of hydrogen-bond acceptors (Lipinski definition) is 4. The normalized spacial score (nSPS) is 17.0. The summed E-state index contributed by atoms with van der Waals surface area (Å²) in [6.07, 6.45) is 1.66. The van der Waals surface area contributed by atoms with Crippen LogP contribution in [0, 0.1) is 0 Å². The lowest BCUT2D eigenvalue weighted by atomic mass is 10.2. The number of amides is 2. The first-order chi connectivity index (χ1) is 10.8. The smallest absolute Gasteiger partial charge is 0.249 e. The third kappa shape index (κ3) is 5.73. The maximum Gasteiger partial charge on any atom is 0.249 e. The van der Waals surface area contributed by atoms with Gasteiger partial charge in [-0.3, -0.25) is 9.59 Å². The van der Waals surface area contributed by atoms with Crippen LogP contribution in [-0.4, -0.2) is 44.2 Å². The fraction of sp³-hybridized carbons (Fsp3) is 0.500. The summed E-state index contributed by atoms with van der Waals surface area (Å²) >= 11 is 0. The highest BCUT2D eigenvalue weighted by molar-refractivity contribution is 5.81. The van der Waals surface area contributed by atoms with E-state index in [9.17, 15) is 9.59 Å². The van der Waals surface area contributed by atoms with Gasteiger partial charge in [-0.05, 0) is 25.0 Å². The SMILES string of the molecule is O=C(CCOc1ccccc1)NCCNC(=O)C1CCCO1. The molecular formula is C16H22N2O4. The van der Waals surface area contributed by atoms with E-state index in [-0.39, 0.29) is 24.3 Å². The van der Waals surface area contributed by atoms with Gasteiger partial charge in [-0.25, -0.2) is 0 Å². The maximum absolute atomic E-state index is 11.7. The Morgan fingerprint density at radius 1 is 1.18 bits per heavy atom. The van der Waals surface area contributed by atoms with Crippen LogP contribution in [0.5, 0.6) is 5.75 Å². The van der Waals surface area contributed by atoms with E-state index in [4.69, 9.17) is 9.47 Å².